The Morgan fingerprint density at radius 2 is 2.00 bits per heavy atom. The summed E-state index contributed by atoms with van der Waals surface area (Å²) in [6.45, 7) is 3.96. The van der Waals surface area contributed by atoms with Gasteiger partial charge in [0.25, 0.3) is 5.91 Å². The zero-order valence-corrected chi connectivity index (χ0v) is 14.1. The van der Waals surface area contributed by atoms with Gasteiger partial charge in [0, 0.05) is 5.56 Å². The van der Waals surface area contributed by atoms with Crippen LogP contribution in [0.3, 0.4) is 0 Å². The number of benzene rings is 2. The van der Waals surface area contributed by atoms with Crippen LogP contribution in [0.4, 0.5) is 0 Å². The first-order valence-electron chi connectivity index (χ1n) is 8.27. The monoisotopic (exact) mass is 322 g/mol. The molecule has 0 saturated heterocycles. The quantitative estimate of drug-likeness (QED) is 0.875. The maximum atomic E-state index is 12.0. The molecular formula is C20H22N2O2. The van der Waals surface area contributed by atoms with Crippen molar-refractivity contribution in [3.63, 3.8) is 0 Å². The smallest absolute Gasteiger partial charge is 0.277 e. The number of hydrazone groups is 1. The highest BCUT2D eigenvalue weighted by Gasteiger charge is 2.15. The number of carbonyl (C=O) groups is 1. The van der Waals surface area contributed by atoms with E-state index in [1.165, 1.54) is 11.1 Å². The van der Waals surface area contributed by atoms with Gasteiger partial charge in [-0.1, -0.05) is 42.0 Å². The van der Waals surface area contributed by atoms with Crippen molar-refractivity contribution in [1.29, 1.82) is 0 Å². The van der Waals surface area contributed by atoms with E-state index in [9.17, 15) is 4.79 Å². The number of hydrogen-bond acceptors (Lipinski definition) is 3. The molecular weight excluding hydrogens is 300 g/mol. The Kier molecular flexibility index (Phi) is 4.94. The number of hydrogen-bond donors (Lipinski definition) is 1. The molecule has 0 unspecified atom stereocenters. The second-order valence-corrected chi connectivity index (χ2v) is 6.16. The molecule has 0 aliphatic heterocycles. The summed E-state index contributed by atoms with van der Waals surface area (Å²) in [5, 5.41) is 4.31. The van der Waals surface area contributed by atoms with Crippen molar-refractivity contribution in [1.82, 2.24) is 5.43 Å². The van der Waals surface area contributed by atoms with E-state index in [1.54, 1.807) is 0 Å². The van der Waals surface area contributed by atoms with Crippen molar-refractivity contribution < 1.29 is 9.53 Å². The lowest BCUT2D eigenvalue weighted by molar-refractivity contribution is -0.123. The third-order valence-electron chi connectivity index (χ3n) is 4.19. The van der Waals surface area contributed by atoms with Gasteiger partial charge < -0.3 is 4.74 Å². The predicted octanol–water partition coefficient (Wildman–Crippen LogP) is 3.54. The number of rotatable bonds is 4. The largest absolute Gasteiger partial charge is 0.483 e. The predicted molar refractivity (Wildman–Crippen MR) is 95.5 cm³/mol. The van der Waals surface area contributed by atoms with Crippen LogP contribution in [0.5, 0.6) is 5.75 Å². The molecule has 0 spiro atoms. The van der Waals surface area contributed by atoms with E-state index in [1.807, 2.05) is 44.2 Å². The lowest BCUT2D eigenvalue weighted by atomic mass is 9.90. The summed E-state index contributed by atoms with van der Waals surface area (Å²) in [4.78, 5) is 12.0. The van der Waals surface area contributed by atoms with Gasteiger partial charge in [-0.2, -0.15) is 5.10 Å². The maximum Gasteiger partial charge on any atom is 0.277 e. The Morgan fingerprint density at radius 1 is 1.17 bits per heavy atom. The third kappa shape index (κ3) is 3.82. The van der Waals surface area contributed by atoms with Gasteiger partial charge in [-0.25, -0.2) is 5.43 Å². The van der Waals surface area contributed by atoms with Gasteiger partial charge in [-0.05, 0) is 50.3 Å². The van der Waals surface area contributed by atoms with Gasteiger partial charge >= 0.3 is 0 Å². The molecule has 2 aromatic carbocycles. The van der Waals surface area contributed by atoms with Crippen molar-refractivity contribution in [2.75, 3.05) is 6.61 Å². The molecule has 3 rings (SSSR count). The third-order valence-corrected chi connectivity index (χ3v) is 4.19. The zero-order valence-electron chi connectivity index (χ0n) is 14.1. The van der Waals surface area contributed by atoms with E-state index < -0.39 is 0 Å². The van der Waals surface area contributed by atoms with Gasteiger partial charge in [0.1, 0.15) is 5.75 Å². The Hall–Kier alpha value is -2.62. The molecule has 0 aromatic heterocycles. The summed E-state index contributed by atoms with van der Waals surface area (Å²) in [5.74, 6) is 0.483. The highest BCUT2D eigenvalue weighted by molar-refractivity contribution is 6.03. The van der Waals surface area contributed by atoms with Crippen LogP contribution in [0.25, 0.3) is 0 Å². The summed E-state index contributed by atoms with van der Waals surface area (Å²) in [7, 11) is 0. The van der Waals surface area contributed by atoms with Gasteiger partial charge in [-0.3, -0.25) is 4.79 Å². The molecule has 0 bridgehead atoms. The minimum Gasteiger partial charge on any atom is -0.483 e. The summed E-state index contributed by atoms with van der Waals surface area (Å²) in [6, 6.07) is 14.1. The van der Waals surface area contributed by atoms with Crippen molar-refractivity contribution in [3.8, 4) is 5.75 Å². The molecule has 124 valence electrons. The average Bonchev–Trinajstić information content (AvgIpc) is 2.59. The Bertz CT molecular complexity index is 781. The van der Waals surface area contributed by atoms with E-state index in [-0.39, 0.29) is 12.5 Å². The molecule has 0 radical (unpaired) electrons. The zero-order chi connectivity index (χ0) is 16.9. The SMILES string of the molecule is Cc1ccc(OCC(=O)NN=C2CCCc3ccccc32)c(C)c1. The van der Waals surface area contributed by atoms with Crippen LogP contribution >= 0.6 is 0 Å². The number of nitrogens with one attached hydrogen (secondary N) is 1. The second kappa shape index (κ2) is 7.30. The number of amides is 1. The van der Waals surface area contributed by atoms with Gasteiger partial charge in [0.05, 0.1) is 5.71 Å². The van der Waals surface area contributed by atoms with Gasteiger partial charge in [0.15, 0.2) is 6.61 Å². The molecule has 1 N–H and O–H groups in total. The average molecular weight is 322 g/mol. The minimum atomic E-state index is -0.245. The number of fused-ring (bicyclic) bond motifs is 1. The second-order valence-electron chi connectivity index (χ2n) is 6.16. The molecule has 0 fully saturated rings. The van der Waals surface area contributed by atoms with Gasteiger partial charge in [0.2, 0.25) is 0 Å². The van der Waals surface area contributed by atoms with Crippen LogP contribution in [-0.4, -0.2) is 18.2 Å². The molecule has 0 heterocycles. The normalized spacial score (nSPS) is 15.0. The van der Waals surface area contributed by atoms with Crippen LogP contribution in [0.15, 0.2) is 47.6 Å². The van der Waals surface area contributed by atoms with Crippen LogP contribution in [0, 0.1) is 13.8 Å². The first-order valence-corrected chi connectivity index (χ1v) is 8.27. The molecule has 2 aromatic rings. The summed E-state index contributed by atoms with van der Waals surface area (Å²) >= 11 is 0. The van der Waals surface area contributed by atoms with E-state index in [4.69, 9.17) is 4.74 Å². The highest BCUT2D eigenvalue weighted by atomic mass is 16.5. The Labute approximate surface area is 142 Å². The van der Waals surface area contributed by atoms with Crippen LogP contribution in [-0.2, 0) is 11.2 Å². The molecule has 4 nitrogen and oxygen atoms in total. The van der Waals surface area contributed by atoms with Crippen molar-refractivity contribution in [2.45, 2.75) is 33.1 Å². The molecule has 4 heteroatoms. The number of nitrogens with zero attached hydrogens (tertiary/aromatic N) is 1. The molecule has 24 heavy (non-hydrogen) atoms. The van der Waals surface area contributed by atoms with Gasteiger partial charge in [-0.15, -0.1) is 0 Å². The summed E-state index contributed by atoms with van der Waals surface area (Å²) in [6.07, 6.45) is 3.01. The summed E-state index contributed by atoms with van der Waals surface area (Å²) < 4.78 is 5.58. The van der Waals surface area contributed by atoms with Crippen molar-refractivity contribution in [3.05, 3.63) is 64.7 Å². The van der Waals surface area contributed by atoms with E-state index in [0.29, 0.717) is 0 Å². The Morgan fingerprint density at radius 3 is 2.83 bits per heavy atom. The first kappa shape index (κ1) is 16.2. The topological polar surface area (TPSA) is 50.7 Å². The number of carbonyl (C=O) groups excluding carboxylic acids is 1. The van der Waals surface area contributed by atoms with Crippen molar-refractivity contribution >= 4 is 11.6 Å². The van der Waals surface area contributed by atoms with E-state index in [0.717, 1.165) is 41.9 Å². The molecule has 1 amide bonds. The summed E-state index contributed by atoms with van der Waals surface area (Å²) in [5.41, 5.74) is 8.19. The number of aryl methyl sites for hydroxylation is 3. The van der Waals surface area contributed by atoms with E-state index in [2.05, 4.69) is 22.7 Å². The van der Waals surface area contributed by atoms with Crippen LogP contribution in [0.2, 0.25) is 0 Å². The fourth-order valence-corrected chi connectivity index (χ4v) is 2.98. The first-order chi connectivity index (χ1) is 11.6. The van der Waals surface area contributed by atoms with Crippen molar-refractivity contribution in [2.24, 2.45) is 5.10 Å². The molecule has 0 saturated carbocycles. The standard InChI is InChI=1S/C20H22N2O2/c1-14-10-11-19(15(2)12-14)24-13-20(23)22-21-18-9-5-7-16-6-3-4-8-17(16)18/h3-4,6,8,10-12H,5,7,9,13H2,1-2H3,(H,22,23). The highest BCUT2D eigenvalue weighted by Crippen LogP contribution is 2.21. The fraction of sp³-hybridized carbons (Fsp3) is 0.300. The lowest BCUT2D eigenvalue weighted by Crippen LogP contribution is -2.27. The lowest BCUT2D eigenvalue weighted by Gasteiger charge is -2.17. The molecule has 1 aliphatic carbocycles. The number of ether oxygens (including phenoxy) is 1. The Balaban J connectivity index is 1.60. The molecule has 1 aliphatic rings. The van der Waals surface area contributed by atoms with Crippen LogP contribution in [0.1, 0.15) is 35.1 Å². The fourth-order valence-electron chi connectivity index (χ4n) is 2.98. The van der Waals surface area contributed by atoms with Crippen LogP contribution < -0.4 is 10.2 Å². The van der Waals surface area contributed by atoms with E-state index >= 15 is 0 Å². The molecule has 0 atom stereocenters. The minimum absolute atomic E-state index is 0.0394. The maximum absolute atomic E-state index is 12.0.